The molecule has 1 aromatic rings. The maximum absolute atomic E-state index is 5.80. The Morgan fingerprint density at radius 2 is 1.94 bits per heavy atom. The average Bonchev–Trinajstić information content (AvgIpc) is 2.14. The number of hydrogen-bond acceptors (Lipinski definition) is 2. The Kier molecular flexibility index (Phi) is 5.03. The Morgan fingerprint density at radius 3 is 2.35 bits per heavy atom. The van der Waals surface area contributed by atoms with E-state index in [1.807, 2.05) is 20.8 Å². The number of halogens is 1. The van der Waals surface area contributed by atoms with Crippen LogP contribution < -0.4 is 10.5 Å². The van der Waals surface area contributed by atoms with Gasteiger partial charge in [-0.25, -0.2) is 0 Å². The molecular weight excluding hydrogens is 234 g/mol. The van der Waals surface area contributed by atoms with Gasteiger partial charge in [0.1, 0.15) is 12.4 Å². The van der Waals surface area contributed by atoms with E-state index in [0.29, 0.717) is 11.6 Å². The molecule has 0 fully saturated rings. The lowest BCUT2D eigenvalue weighted by Gasteiger charge is -2.14. The van der Waals surface area contributed by atoms with Gasteiger partial charge in [-0.3, -0.25) is 0 Å². The largest absolute Gasteiger partial charge is 0.487 e. The summed E-state index contributed by atoms with van der Waals surface area (Å²) in [6.45, 7) is 10.0. The highest BCUT2D eigenvalue weighted by Crippen LogP contribution is 2.25. The summed E-state index contributed by atoms with van der Waals surface area (Å²) < 4.78 is 5.63. The Labute approximate surface area is 108 Å². The van der Waals surface area contributed by atoms with Crippen molar-refractivity contribution in [3.05, 3.63) is 40.4 Å². The zero-order valence-electron chi connectivity index (χ0n) is 10.7. The van der Waals surface area contributed by atoms with Crippen molar-refractivity contribution in [2.75, 3.05) is 6.61 Å². The normalized spacial score (nSPS) is 12.3. The van der Waals surface area contributed by atoms with Gasteiger partial charge in [0.15, 0.2) is 0 Å². The second-order valence-electron chi connectivity index (χ2n) is 4.55. The lowest BCUT2D eigenvalue weighted by Crippen LogP contribution is -2.18. The minimum absolute atomic E-state index is 0.170. The van der Waals surface area contributed by atoms with Gasteiger partial charge in [-0.15, -0.1) is 0 Å². The molecule has 0 aliphatic carbocycles. The van der Waals surface area contributed by atoms with E-state index in [0.717, 1.165) is 23.3 Å². The summed E-state index contributed by atoms with van der Waals surface area (Å²) in [6, 6.07) is 4.40. The van der Waals surface area contributed by atoms with Crippen LogP contribution in [0.2, 0.25) is 0 Å². The Balaban J connectivity index is 2.90. The van der Waals surface area contributed by atoms with Crippen LogP contribution in [-0.4, -0.2) is 12.6 Å². The van der Waals surface area contributed by atoms with Crippen molar-refractivity contribution in [3.8, 4) is 5.75 Å². The second-order valence-corrected chi connectivity index (χ2v) is 5.08. The molecule has 0 radical (unpaired) electrons. The first-order valence-corrected chi connectivity index (χ1v) is 6.09. The van der Waals surface area contributed by atoms with Gasteiger partial charge >= 0.3 is 0 Å². The molecule has 2 nitrogen and oxygen atoms in total. The van der Waals surface area contributed by atoms with E-state index in [9.17, 15) is 0 Å². The molecule has 0 saturated heterocycles. The van der Waals surface area contributed by atoms with Crippen LogP contribution in [0.15, 0.2) is 23.7 Å². The molecule has 3 heteroatoms. The van der Waals surface area contributed by atoms with Crippen LogP contribution in [0.1, 0.15) is 23.6 Å². The van der Waals surface area contributed by atoms with E-state index < -0.39 is 0 Å². The molecule has 94 valence electrons. The van der Waals surface area contributed by atoms with Gasteiger partial charge in [-0.1, -0.05) is 30.3 Å². The third-order valence-electron chi connectivity index (χ3n) is 2.45. The summed E-state index contributed by atoms with van der Waals surface area (Å²) in [5, 5.41) is 0.503. The van der Waals surface area contributed by atoms with E-state index in [1.54, 1.807) is 0 Å². The summed E-state index contributed by atoms with van der Waals surface area (Å²) in [4.78, 5) is 0. The van der Waals surface area contributed by atoms with Gasteiger partial charge in [0.25, 0.3) is 0 Å². The number of rotatable bonds is 5. The SMILES string of the molecule is C=C(Cl)COc1c(C)cc(CC(C)N)cc1C. The van der Waals surface area contributed by atoms with Crippen molar-refractivity contribution in [2.24, 2.45) is 5.73 Å². The maximum atomic E-state index is 5.80. The van der Waals surface area contributed by atoms with Crippen LogP contribution in [-0.2, 0) is 6.42 Å². The van der Waals surface area contributed by atoms with E-state index >= 15 is 0 Å². The molecule has 2 N–H and O–H groups in total. The molecule has 0 spiro atoms. The predicted molar refractivity (Wildman–Crippen MR) is 73.8 cm³/mol. The van der Waals surface area contributed by atoms with Crippen LogP contribution in [0.5, 0.6) is 5.75 Å². The van der Waals surface area contributed by atoms with E-state index in [1.165, 1.54) is 5.56 Å². The molecular formula is C14H20ClNO. The molecule has 1 atom stereocenters. The molecule has 1 unspecified atom stereocenters. The second kappa shape index (κ2) is 6.08. The third-order valence-corrected chi connectivity index (χ3v) is 2.56. The van der Waals surface area contributed by atoms with Crippen molar-refractivity contribution in [2.45, 2.75) is 33.2 Å². The maximum Gasteiger partial charge on any atom is 0.125 e. The minimum atomic E-state index is 0.170. The molecule has 1 aromatic carbocycles. The highest BCUT2D eigenvalue weighted by Gasteiger charge is 2.08. The molecule has 0 heterocycles. The summed E-state index contributed by atoms with van der Waals surface area (Å²) in [7, 11) is 0. The summed E-state index contributed by atoms with van der Waals surface area (Å²) in [6.07, 6.45) is 0.879. The van der Waals surface area contributed by atoms with E-state index in [2.05, 4.69) is 18.7 Å². The first kappa shape index (κ1) is 14.1. The standard InChI is InChI=1S/C14H20ClNO/c1-9-5-13(7-12(4)16)6-10(2)14(9)17-8-11(3)15/h5-6,12H,3,7-8,16H2,1-2,4H3. The molecule has 0 bridgehead atoms. The van der Waals surface area contributed by atoms with Crippen molar-refractivity contribution >= 4 is 11.6 Å². The highest BCUT2D eigenvalue weighted by atomic mass is 35.5. The lowest BCUT2D eigenvalue weighted by atomic mass is 10.0. The zero-order chi connectivity index (χ0) is 13.0. The molecule has 17 heavy (non-hydrogen) atoms. The number of benzene rings is 1. The van der Waals surface area contributed by atoms with E-state index in [-0.39, 0.29) is 6.04 Å². The van der Waals surface area contributed by atoms with Crippen LogP contribution in [0.3, 0.4) is 0 Å². The van der Waals surface area contributed by atoms with Gasteiger partial charge in [-0.2, -0.15) is 0 Å². The molecule has 0 aliphatic heterocycles. The quantitative estimate of drug-likeness (QED) is 0.874. The van der Waals surface area contributed by atoms with Gasteiger partial charge in [0.05, 0.1) is 0 Å². The molecule has 1 rings (SSSR count). The monoisotopic (exact) mass is 253 g/mol. The van der Waals surface area contributed by atoms with E-state index in [4.69, 9.17) is 22.1 Å². The third kappa shape index (κ3) is 4.41. The fourth-order valence-corrected chi connectivity index (χ4v) is 1.96. The van der Waals surface area contributed by atoms with Crippen molar-refractivity contribution in [1.82, 2.24) is 0 Å². The van der Waals surface area contributed by atoms with Gasteiger partial charge in [0.2, 0.25) is 0 Å². The Bertz CT molecular complexity index is 390. The van der Waals surface area contributed by atoms with Crippen molar-refractivity contribution in [3.63, 3.8) is 0 Å². The first-order chi connectivity index (χ1) is 7.90. The Morgan fingerprint density at radius 1 is 1.41 bits per heavy atom. The van der Waals surface area contributed by atoms with Crippen LogP contribution in [0.4, 0.5) is 0 Å². The summed E-state index contributed by atoms with van der Waals surface area (Å²) in [5.74, 6) is 0.889. The van der Waals surface area contributed by atoms with Crippen LogP contribution in [0, 0.1) is 13.8 Å². The van der Waals surface area contributed by atoms with Gasteiger partial charge in [0, 0.05) is 11.1 Å². The van der Waals surface area contributed by atoms with Crippen molar-refractivity contribution in [1.29, 1.82) is 0 Å². The molecule has 0 saturated carbocycles. The van der Waals surface area contributed by atoms with Crippen LogP contribution in [0.25, 0.3) is 0 Å². The molecule has 0 aromatic heterocycles. The smallest absolute Gasteiger partial charge is 0.125 e. The van der Waals surface area contributed by atoms with Crippen molar-refractivity contribution < 1.29 is 4.74 Å². The zero-order valence-corrected chi connectivity index (χ0v) is 11.5. The Hall–Kier alpha value is -0.990. The topological polar surface area (TPSA) is 35.2 Å². The van der Waals surface area contributed by atoms with Crippen LogP contribution >= 0.6 is 11.6 Å². The minimum Gasteiger partial charge on any atom is -0.487 e. The predicted octanol–water partition coefficient (Wildman–Crippen LogP) is 3.32. The number of hydrogen-bond donors (Lipinski definition) is 1. The fraction of sp³-hybridized carbons (Fsp3) is 0.429. The summed E-state index contributed by atoms with van der Waals surface area (Å²) >= 11 is 5.70. The first-order valence-electron chi connectivity index (χ1n) is 5.72. The summed E-state index contributed by atoms with van der Waals surface area (Å²) in [5.41, 5.74) is 9.26. The lowest BCUT2D eigenvalue weighted by molar-refractivity contribution is 0.354. The van der Waals surface area contributed by atoms with Gasteiger partial charge < -0.3 is 10.5 Å². The fourth-order valence-electron chi connectivity index (χ4n) is 1.91. The van der Waals surface area contributed by atoms with Gasteiger partial charge in [-0.05, 0) is 43.9 Å². The average molecular weight is 254 g/mol. The number of nitrogens with two attached hydrogens (primary N) is 1. The molecule has 0 aliphatic rings. The number of ether oxygens (including phenoxy) is 1. The number of aryl methyl sites for hydroxylation is 2. The highest BCUT2D eigenvalue weighted by molar-refractivity contribution is 6.29. The molecule has 0 amide bonds.